The standard InChI is InChI=1S/C15H12BrNO3/c16-13-3-1-2-12(8-13)14(18)17-9-10-4-6-11(7-5-10)15(19)20/h1-8H,9H2,(H,17,18)(H,19,20). The van der Waals surface area contributed by atoms with E-state index in [1.165, 1.54) is 12.1 Å². The van der Waals surface area contributed by atoms with Crippen molar-refractivity contribution < 1.29 is 14.7 Å². The van der Waals surface area contributed by atoms with Gasteiger partial charge in [0, 0.05) is 16.6 Å². The Balaban J connectivity index is 1.98. The van der Waals surface area contributed by atoms with E-state index >= 15 is 0 Å². The number of aromatic carboxylic acids is 1. The molecule has 0 saturated carbocycles. The van der Waals surface area contributed by atoms with Crippen LogP contribution >= 0.6 is 15.9 Å². The molecular formula is C15H12BrNO3. The third-order valence-corrected chi connectivity index (χ3v) is 3.23. The van der Waals surface area contributed by atoms with Crippen molar-refractivity contribution in [1.82, 2.24) is 5.32 Å². The van der Waals surface area contributed by atoms with Crippen LogP contribution in [-0.4, -0.2) is 17.0 Å². The lowest BCUT2D eigenvalue weighted by Gasteiger charge is -2.06. The fourth-order valence-electron chi connectivity index (χ4n) is 1.68. The van der Waals surface area contributed by atoms with Crippen LogP contribution in [0.3, 0.4) is 0 Å². The Kier molecular flexibility index (Phi) is 4.53. The summed E-state index contributed by atoms with van der Waals surface area (Å²) in [5, 5.41) is 11.6. The fraction of sp³-hybridized carbons (Fsp3) is 0.0667. The van der Waals surface area contributed by atoms with Gasteiger partial charge in [0.05, 0.1) is 5.56 Å². The average Bonchev–Trinajstić information content (AvgIpc) is 2.45. The monoisotopic (exact) mass is 333 g/mol. The molecule has 0 aliphatic carbocycles. The van der Waals surface area contributed by atoms with E-state index in [1.54, 1.807) is 30.3 Å². The Hall–Kier alpha value is -2.14. The minimum atomic E-state index is -0.963. The maximum Gasteiger partial charge on any atom is 0.335 e. The van der Waals surface area contributed by atoms with Crippen LogP contribution in [0.1, 0.15) is 26.3 Å². The molecular weight excluding hydrogens is 322 g/mol. The number of nitrogens with one attached hydrogen (secondary N) is 1. The molecule has 2 rings (SSSR count). The molecule has 20 heavy (non-hydrogen) atoms. The number of carbonyl (C=O) groups is 2. The highest BCUT2D eigenvalue weighted by atomic mass is 79.9. The normalized spacial score (nSPS) is 10.1. The van der Waals surface area contributed by atoms with Crippen LogP contribution in [-0.2, 0) is 6.54 Å². The molecule has 0 spiro atoms. The Morgan fingerprint density at radius 2 is 1.75 bits per heavy atom. The predicted molar refractivity (Wildman–Crippen MR) is 78.7 cm³/mol. The van der Waals surface area contributed by atoms with Gasteiger partial charge < -0.3 is 10.4 Å². The Bertz CT molecular complexity index is 638. The van der Waals surface area contributed by atoms with Crippen LogP contribution in [0.25, 0.3) is 0 Å². The maximum absolute atomic E-state index is 11.9. The summed E-state index contributed by atoms with van der Waals surface area (Å²) in [5.74, 6) is -1.14. The molecule has 4 nitrogen and oxygen atoms in total. The number of carboxylic acids is 1. The second kappa shape index (κ2) is 6.34. The summed E-state index contributed by atoms with van der Waals surface area (Å²) in [6, 6.07) is 13.5. The van der Waals surface area contributed by atoms with Gasteiger partial charge >= 0.3 is 5.97 Å². The SMILES string of the molecule is O=C(O)c1ccc(CNC(=O)c2cccc(Br)c2)cc1. The van der Waals surface area contributed by atoms with E-state index in [9.17, 15) is 9.59 Å². The van der Waals surface area contributed by atoms with Crippen molar-refractivity contribution in [1.29, 1.82) is 0 Å². The molecule has 0 saturated heterocycles. The molecule has 0 bridgehead atoms. The predicted octanol–water partition coefficient (Wildman–Crippen LogP) is 3.08. The van der Waals surface area contributed by atoms with Crippen molar-refractivity contribution in [2.45, 2.75) is 6.54 Å². The maximum atomic E-state index is 11.9. The average molecular weight is 334 g/mol. The van der Waals surface area contributed by atoms with Gasteiger partial charge in [-0.1, -0.05) is 34.1 Å². The van der Waals surface area contributed by atoms with Crippen molar-refractivity contribution in [2.24, 2.45) is 0 Å². The minimum absolute atomic E-state index is 0.173. The van der Waals surface area contributed by atoms with Crippen molar-refractivity contribution in [3.8, 4) is 0 Å². The van der Waals surface area contributed by atoms with E-state index in [-0.39, 0.29) is 11.5 Å². The Morgan fingerprint density at radius 3 is 2.35 bits per heavy atom. The molecule has 0 aliphatic rings. The van der Waals surface area contributed by atoms with Gasteiger partial charge in [-0.25, -0.2) is 4.79 Å². The number of amides is 1. The van der Waals surface area contributed by atoms with Gasteiger partial charge in [-0.15, -0.1) is 0 Å². The van der Waals surface area contributed by atoms with Crippen LogP contribution < -0.4 is 5.32 Å². The summed E-state index contributed by atoms with van der Waals surface area (Å²) >= 11 is 3.31. The summed E-state index contributed by atoms with van der Waals surface area (Å²) in [5.41, 5.74) is 1.65. The number of hydrogen-bond acceptors (Lipinski definition) is 2. The van der Waals surface area contributed by atoms with Crippen LogP contribution in [0, 0.1) is 0 Å². The second-order valence-corrected chi connectivity index (χ2v) is 5.11. The van der Waals surface area contributed by atoms with Crippen LogP contribution in [0.4, 0.5) is 0 Å². The Morgan fingerprint density at radius 1 is 1.05 bits per heavy atom. The van der Waals surface area contributed by atoms with Gasteiger partial charge in [0.1, 0.15) is 0 Å². The third-order valence-electron chi connectivity index (χ3n) is 2.74. The molecule has 0 atom stereocenters. The van der Waals surface area contributed by atoms with Crippen molar-refractivity contribution >= 4 is 27.8 Å². The van der Waals surface area contributed by atoms with Gasteiger partial charge in [0.2, 0.25) is 0 Å². The van der Waals surface area contributed by atoms with E-state index in [0.717, 1.165) is 10.0 Å². The lowest BCUT2D eigenvalue weighted by Crippen LogP contribution is -2.22. The number of halogens is 1. The molecule has 0 aromatic heterocycles. The highest BCUT2D eigenvalue weighted by Crippen LogP contribution is 2.11. The van der Waals surface area contributed by atoms with Crippen molar-refractivity contribution in [2.75, 3.05) is 0 Å². The molecule has 0 radical (unpaired) electrons. The van der Waals surface area contributed by atoms with E-state index in [2.05, 4.69) is 21.2 Å². The number of hydrogen-bond donors (Lipinski definition) is 2. The first kappa shape index (κ1) is 14.3. The number of benzene rings is 2. The number of carbonyl (C=O) groups excluding carboxylic acids is 1. The van der Waals surface area contributed by atoms with Gasteiger partial charge in [0.15, 0.2) is 0 Å². The van der Waals surface area contributed by atoms with Crippen LogP contribution in [0.2, 0.25) is 0 Å². The quantitative estimate of drug-likeness (QED) is 0.903. The smallest absolute Gasteiger partial charge is 0.335 e. The van der Waals surface area contributed by atoms with E-state index in [1.807, 2.05) is 6.07 Å². The lowest BCUT2D eigenvalue weighted by atomic mass is 10.1. The van der Waals surface area contributed by atoms with Gasteiger partial charge in [-0.3, -0.25) is 4.79 Å². The van der Waals surface area contributed by atoms with Crippen LogP contribution in [0.15, 0.2) is 53.0 Å². The number of carboxylic acid groups (broad SMARTS) is 1. The largest absolute Gasteiger partial charge is 0.478 e. The Labute approximate surface area is 124 Å². The first-order chi connectivity index (χ1) is 9.56. The molecule has 2 aromatic rings. The van der Waals surface area contributed by atoms with Gasteiger partial charge in [-0.05, 0) is 35.9 Å². The molecule has 1 amide bonds. The molecule has 0 aliphatic heterocycles. The van der Waals surface area contributed by atoms with Gasteiger partial charge in [-0.2, -0.15) is 0 Å². The molecule has 0 heterocycles. The van der Waals surface area contributed by atoms with Gasteiger partial charge in [0.25, 0.3) is 5.91 Å². The summed E-state index contributed by atoms with van der Waals surface area (Å²) in [7, 11) is 0. The van der Waals surface area contributed by atoms with Crippen molar-refractivity contribution in [3.63, 3.8) is 0 Å². The van der Waals surface area contributed by atoms with Crippen LogP contribution in [0.5, 0.6) is 0 Å². The summed E-state index contributed by atoms with van der Waals surface area (Å²) < 4.78 is 0.843. The van der Waals surface area contributed by atoms with E-state index in [4.69, 9.17) is 5.11 Å². The fourth-order valence-corrected chi connectivity index (χ4v) is 2.08. The highest BCUT2D eigenvalue weighted by Gasteiger charge is 2.06. The molecule has 102 valence electrons. The summed E-state index contributed by atoms with van der Waals surface area (Å²) in [6.45, 7) is 0.352. The zero-order valence-corrected chi connectivity index (χ0v) is 12.1. The first-order valence-electron chi connectivity index (χ1n) is 5.92. The zero-order chi connectivity index (χ0) is 14.5. The van der Waals surface area contributed by atoms with E-state index in [0.29, 0.717) is 12.1 Å². The molecule has 5 heteroatoms. The minimum Gasteiger partial charge on any atom is -0.478 e. The lowest BCUT2D eigenvalue weighted by molar-refractivity contribution is 0.0696. The summed E-state index contributed by atoms with van der Waals surface area (Å²) in [6.07, 6.45) is 0. The molecule has 0 unspecified atom stereocenters. The summed E-state index contributed by atoms with van der Waals surface area (Å²) in [4.78, 5) is 22.6. The van der Waals surface area contributed by atoms with Crippen molar-refractivity contribution in [3.05, 3.63) is 69.7 Å². The zero-order valence-electron chi connectivity index (χ0n) is 10.5. The van der Waals surface area contributed by atoms with E-state index < -0.39 is 5.97 Å². The molecule has 2 N–H and O–H groups in total. The number of rotatable bonds is 4. The second-order valence-electron chi connectivity index (χ2n) is 4.20. The first-order valence-corrected chi connectivity index (χ1v) is 6.71. The third kappa shape index (κ3) is 3.68. The molecule has 2 aromatic carbocycles. The highest BCUT2D eigenvalue weighted by molar-refractivity contribution is 9.10. The molecule has 0 fully saturated rings. The topological polar surface area (TPSA) is 66.4 Å².